The van der Waals surface area contributed by atoms with E-state index in [2.05, 4.69) is 10.3 Å². The van der Waals surface area contributed by atoms with Crippen molar-refractivity contribution in [3.8, 4) is 0 Å². The average Bonchev–Trinajstić information content (AvgIpc) is 2.67. The molecule has 142 valence electrons. The van der Waals surface area contributed by atoms with Crippen LogP contribution >= 0.6 is 11.6 Å². The molecule has 0 unspecified atom stereocenters. The third kappa shape index (κ3) is 3.45. The van der Waals surface area contributed by atoms with Crippen LogP contribution in [0.2, 0.25) is 5.02 Å². The molecular weight excluding hydrogens is 376 g/mol. The number of nitrogens with zero attached hydrogens (tertiary/aromatic N) is 1. The van der Waals surface area contributed by atoms with Crippen molar-refractivity contribution in [1.29, 1.82) is 0 Å². The Morgan fingerprint density at radius 1 is 1.07 bits per heavy atom. The fourth-order valence-corrected chi connectivity index (χ4v) is 3.70. The van der Waals surface area contributed by atoms with Gasteiger partial charge in [-0.05, 0) is 54.8 Å². The molecule has 6 heteroatoms. The van der Waals surface area contributed by atoms with Crippen LogP contribution in [0.4, 0.5) is 5.69 Å². The molecule has 1 N–H and O–H groups in total. The second kappa shape index (κ2) is 7.60. The highest BCUT2D eigenvalue weighted by atomic mass is 35.5. The second-order valence-corrected chi connectivity index (χ2v) is 7.38. The minimum atomic E-state index is -0.672. The number of carbonyl (C=O) groups excluding carboxylic acids is 2. The Bertz CT molecular complexity index is 1020. The zero-order valence-electron chi connectivity index (χ0n) is 15.2. The maximum Gasteiger partial charge on any atom is 0.317 e. The number of anilines is 1. The van der Waals surface area contributed by atoms with Crippen LogP contribution in [0.25, 0.3) is 10.9 Å². The average molecular weight is 395 g/mol. The number of pyridine rings is 1. The molecule has 5 nitrogen and oxygen atoms in total. The van der Waals surface area contributed by atoms with Gasteiger partial charge in [0.25, 0.3) is 5.91 Å². The summed E-state index contributed by atoms with van der Waals surface area (Å²) in [6.07, 6.45) is 4.08. The molecule has 1 aliphatic rings. The highest BCUT2D eigenvalue weighted by Crippen LogP contribution is 2.45. The normalized spacial score (nSPS) is 14.9. The second-order valence-electron chi connectivity index (χ2n) is 6.94. The molecule has 1 aromatic heterocycles. The molecule has 3 aromatic rings. The number of esters is 1. The number of hydrogen-bond acceptors (Lipinski definition) is 4. The molecule has 1 amide bonds. The highest BCUT2D eigenvalue weighted by Gasteiger charge is 2.47. The van der Waals surface area contributed by atoms with E-state index in [0.717, 1.165) is 22.9 Å². The van der Waals surface area contributed by atoms with Gasteiger partial charge in [-0.25, -0.2) is 0 Å². The van der Waals surface area contributed by atoms with Crippen molar-refractivity contribution >= 4 is 40.1 Å². The molecule has 0 radical (unpaired) electrons. The summed E-state index contributed by atoms with van der Waals surface area (Å²) in [6.45, 7) is -0.329. The zero-order chi connectivity index (χ0) is 19.6. The molecule has 1 fully saturated rings. The third-order valence-electron chi connectivity index (χ3n) is 5.25. The van der Waals surface area contributed by atoms with Crippen LogP contribution in [0, 0.1) is 0 Å². The maximum absolute atomic E-state index is 12.8. The lowest BCUT2D eigenvalue weighted by atomic mass is 9.64. The first-order chi connectivity index (χ1) is 13.6. The van der Waals surface area contributed by atoms with Crippen molar-refractivity contribution in [2.75, 3.05) is 11.9 Å². The number of nitrogens with one attached hydrogen (secondary N) is 1. The van der Waals surface area contributed by atoms with Crippen LogP contribution in [0.1, 0.15) is 24.8 Å². The standard InChI is InChI=1S/C22H19ClN2O3/c23-16-9-7-15(8-10-16)22(11-3-12-22)21(27)28-14-20(26)25-19-6-1-5-18-17(19)4-2-13-24-18/h1-2,4-10,13H,3,11-12,14H2,(H,25,26). The number of fused-ring (bicyclic) bond motifs is 1. The molecule has 1 saturated carbocycles. The molecule has 4 rings (SSSR count). The lowest BCUT2D eigenvalue weighted by Gasteiger charge is -2.39. The Balaban J connectivity index is 1.43. The molecule has 0 saturated heterocycles. The Morgan fingerprint density at radius 3 is 2.57 bits per heavy atom. The number of carbonyl (C=O) groups is 2. The summed E-state index contributed by atoms with van der Waals surface area (Å²) in [5.74, 6) is -0.744. The summed E-state index contributed by atoms with van der Waals surface area (Å²) in [5.41, 5.74) is 1.64. The maximum atomic E-state index is 12.8. The fraction of sp³-hybridized carbons (Fsp3) is 0.227. The Labute approximate surface area is 167 Å². The predicted octanol–water partition coefficient (Wildman–Crippen LogP) is 4.49. The topological polar surface area (TPSA) is 68.3 Å². The summed E-state index contributed by atoms with van der Waals surface area (Å²) in [7, 11) is 0. The first kappa shape index (κ1) is 18.4. The number of rotatable bonds is 5. The lowest BCUT2D eigenvalue weighted by Crippen LogP contribution is -2.44. The van der Waals surface area contributed by atoms with Crippen molar-refractivity contribution in [2.24, 2.45) is 0 Å². The van der Waals surface area contributed by atoms with Crippen LogP contribution in [0.3, 0.4) is 0 Å². The zero-order valence-corrected chi connectivity index (χ0v) is 15.9. The van der Waals surface area contributed by atoms with Gasteiger partial charge >= 0.3 is 5.97 Å². The third-order valence-corrected chi connectivity index (χ3v) is 5.50. The lowest BCUT2D eigenvalue weighted by molar-refractivity contribution is -0.156. The van der Waals surface area contributed by atoms with E-state index in [1.165, 1.54) is 0 Å². The largest absolute Gasteiger partial charge is 0.455 e. The van der Waals surface area contributed by atoms with E-state index in [1.807, 2.05) is 36.4 Å². The van der Waals surface area contributed by atoms with Crippen molar-refractivity contribution in [3.05, 3.63) is 71.4 Å². The Morgan fingerprint density at radius 2 is 1.86 bits per heavy atom. The van der Waals surface area contributed by atoms with Crippen molar-refractivity contribution in [2.45, 2.75) is 24.7 Å². The predicted molar refractivity (Wildman–Crippen MR) is 108 cm³/mol. The molecule has 28 heavy (non-hydrogen) atoms. The molecule has 0 spiro atoms. The van der Waals surface area contributed by atoms with Crippen molar-refractivity contribution in [1.82, 2.24) is 4.98 Å². The van der Waals surface area contributed by atoms with Gasteiger partial charge in [0.15, 0.2) is 6.61 Å². The molecule has 2 aromatic carbocycles. The number of aromatic nitrogens is 1. The van der Waals surface area contributed by atoms with Crippen LogP contribution < -0.4 is 5.32 Å². The van der Waals surface area contributed by atoms with E-state index < -0.39 is 5.41 Å². The smallest absolute Gasteiger partial charge is 0.317 e. The van der Waals surface area contributed by atoms with Gasteiger partial charge in [0.05, 0.1) is 16.6 Å². The number of amides is 1. The van der Waals surface area contributed by atoms with Gasteiger partial charge in [0.2, 0.25) is 0 Å². The summed E-state index contributed by atoms with van der Waals surface area (Å²) < 4.78 is 5.38. The van der Waals surface area contributed by atoms with Crippen LogP contribution in [0.15, 0.2) is 60.8 Å². The summed E-state index contributed by atoms with van der Waals surface area (Å²) in [4.78, 5) is 29.4. The van der Waals surface area contributed by atoms with Gasteiger partial charge in [-0.3, -0.25) is 14.6 Å². The first-order valence-corrected chi connectivity index (χ1v) is 9.53. The number of benzene rings is 2. The number of hydrogen-bond donors (Lipinski definition) is 1. The van der Waals surface area contributed by atoms with Gasteiger partial charge in [-0.1, -0.05) is 36.2 Å². The van der Waals surface area contributed by atoms with E-state index in [4.69, 9.17) is 16.3 Å². The van der Waals surface area contributed by atoms with Crippen molar-refractivity contribution in [3.63, 3.8) is 0 Å². The van der Waals surface area contributed by atoms with E-state index in [1.54, 1.807) is 24.4 Å². The van der Waals surface area contributed by atoms with E-state index in [-0.39, 0.29) is 18.5 Å². The van der Waals surface area contributed by atoms with Gasteiger partial charge in [-0.15, -0.1) is 0 Å². The summed E-state index contributed by atoms with van der Waals surface area (Å²) in [5, 5.41) is 4.26. The summed E-state index contributed by atoms with van der Waals surface area (Å²) in [6, 6.07) is 16.4. The van der Waals surface area contributed by atoms with Crippen molar-refractivity contribution < 1.29 is 14.3 Å². The first-order valence-electron chi connectivity index (χ1n) is 9.15. The fourth-order valence-electron chi connectivity index (χ4n) is 3.58. The van der Waals surface area contributed by atoms with E-state index >= 15 is 0 Å². The highest BCUT2D eigenvalue weighted by molar-refractivity contribution is 6.30. The monoisotopic (exact) mass is 394 g/mol. The molecule has 1 aliphatic carbocycles. The molecular formula is C22H19ClN2O3. The molecule has 1 heterocycles. The Hall–Kier alpha value is -2.92. The molecule has 0 bridgehead atoms. The van der Waals surface area contributed by atoms with Gasteiger partial charge in [-0.2, -0.15) is 0 Å². The van der Waals surface area contributed by atoms with E-state index in [0.29, 0.717) is 23.6 Å². The van der Waals surface area contributed by atoms with Crippen LogP contribution in [-0.4, -0.2) is 23.5 Å². The SMILES string of the molecule is O=C(COC(=O)C1(c2ccc(Cl)cc2)CCC1)Nc1cccc2ncccc12. The minimum Gasteiger partial charge on any atom is -0.455 e. The summed E-state index contributed by atoms with van der Waals surface area (Å²) >= 11 is 5.95. The van der Waals surface area contributed by atoms with E-state index in [9.17, 15) is 9.59 Å². The number of halogens is 1. The number of ether oxygens (including phenoxy) is 1. The quantitative estimate of drug-likeness (QED) is 0.647. The van der Waals surface area contributed by atoms with Gasteiger partial charge < -0.3 is 10.1 Å². The van der Waals surface area contributed by atoms with Crippen LogP contribution in [-0.2, 0) is 19.7 Å². The molecule has 0 aliphatic heterocycles. The Kier molecular flexibility index (Phi) is 5.01. The minimum absolute atomic E-state index is 0.329. The van der Waals surface area contributed by atoms with Gasteiger partial charge in [0.1, 0.15) is 0 Å². The van der Waals surface area contributed by atoms with Crippen LogP contribution in [0.5, 0.6) is 0 Å². The molecule has 0 atom stereocenters. The van der Waals surface area contributed by atoms with Gasteiger partial charge in [0, 0.05) is 16.6 Å².